The molecule has 0 unspecified atom stereocenters. The van der Waals surface area contributed by atoms with Crippen LogP contribution >= 0.6 is 0 Å². The summed E-state index contributed by atoms with van der Waals surface area (Å²) in [5.74, 6) is 0.344. The van der Waals surface area contributed by atoms with Gasteiger partial charge in [0, 0.05) is 24.4 Å². The van der Waals surface area contributed by atoms with Crippen LogP contribution in [0.25, 0.3) is 72.7 Å². The van der Waals surface area contributed by atoms with Crippen molar-refractivity contribution in [1.29, 1.82) is 0 Å². The number of benzene rings is 6. The van der Waals surface area contributed by atoms with Crippen LogP contribution in [0.1, 0.15) is 104 Å². The molecule has 296 valence electrons. The van der Waals surface area contributed by atoms with Crippen molar-refractivity contribution in [2.75, 3.05) is 0 Å². The zero-order valence-corrected chi connectivity index (χ0v) is 35.8. The number of fused-ring (bicyclic) bond motifs is 1. The second-order valence-corrected chi connectivity index (χ2v) is 17.7. The lowest BCUT2D eigenvalue weighted by Gasteiger charge is -2.22. The SMILES string of the molecule is [2H]C(C)(C)c1cc(-n2c(-c3cc(C(C)C)cc(C(C)C)c3O)nc3c(-c4cc(-c5cc(-c6ccccc6)ccn5)cc(C(C)(C)C)c4)cccc32)ccc1-c1ccccc1. The molecular weight excluding hydrogens is 719 g/mol. The molecule has 0 saturated heterocycles. The number of hydrogen-bond donors (Lipinski definition) is 1. The normalized spacial score (nSPS) is 12.4. The van der Waals surface area contributed by atoms with Gasteiger partial charge >= 0.3 is 0 Å². The molecule has 0 spiro atoms. The number of nitrogens with zero attached hydrogens (tertiary/aromatic N) is 3. The average molecular weight is 775 g/mol. The highest BCUT2D eigenvalue weighted by Gasteiger charge is 2.25. The molecule has 0 atom stereocenters. The van der Waals surface area contributed by atoms with E-state index in [9.17, 15) is 6.48 Å². The fourth-order valence-corrected chi connectivity index (χ4v) is 8.12. The molecule has 0 fully saturated rings. The number of aromatic hydroxyl groups is 1. The molecule has 0 aliphatic heterocycles. The minimum atomic E-state index is -0.900. The van der Waals surface area contributed by atoms with Gasteiger partial charge in [-0.25, -0.2) is 4.98 Å². The second-order valence-electron chi connectivity index (χ2n) is 17.7. The summed E-state index contributed by atoms with van der Waals surface area (Å²) in [7, 11) is 0. The number of pyridine rings is 1. The molecule has 8 aromatic rings. The highest BCUT2D eigenvalue weighted by molar-refractivity contribution is 5.97. The predicted molar refractivity (Wildman–Crippen MR) is 249 cm³/mol. The maximum Gasteiger partial charge on any atom is 0.149 e. The summed E-state index contributed by atoms with van der Waals surface area (Å²) >= 11 is 0. The van der Waals surface area contributed by atoms with E-state index >= 15 is 0 Å². The van der Waals surface area contributed by atoms with Gasteiger partial charge in [-0.05, 0) is 122 Å². The van der Waals surface area contributed by atoms with Crippen LogP contribution in [0.5, 0.6) is 5.75 Å². The Labute approximate surface area is 351 Å². The molecular formula is C55H55N3O. The third-order valence-electron chi connectivity index (χ3n) is 11.5. The first-order valence-electron chi connectivity index (χ1n) is 21.3. The van der Waals surface area contributed by atoms with E-state index in [-0.39, 0.29) is 23.0 Å². The molecule has 0 amide bonds. The molecule has 0 radical (unpaired) electrons. The molecule has 0 aliphatic carbocycles. The van der Waals surface area contributed by atoms with Crippen LogP contribution in [0.2, 0.25) is 0 Å². The largest absolute Gasteiger partial charge is 0.507 e. The Balaban J connectivity index is 1.42. The number of phenols is 1. The van der Waals surface area contributed by atoms with Crippen LogP contribution in [0, 0.1) is 0 Å². The fraction of sp³-hybridized carbons (Fsp3) is 0.236. The lowest BCUT2D eigenvalue weighted by Crippen LogP contribution is -2.11. The van der Waals surface area contributed by atoms with Crippen molar-refractivity contribution < 1.29 is 6.48 Å². The van der Waals surface area contributed by atoms with E-state index in [4.69, 9.17) is 9.97 Å². The maximum absolute atomic E-state index is 12.2. The average Bonchev–Trinajstić information content (AvgIpc) is 3.63. The Morgan fingerprint density at radius 1 is 0.576 bits per heavy atom. The molecule has 1 N–H and O–H groups in total. The van der Waals surface area contributed by atoms with Crippen molar-refractivity contribution in [3.8, 4) is 67.5 Å². The Bertz CT molecular complexity index is 2840. The van der Waals surface area contributed by atoms with Gasteiger partial charge in [0.2, 0.25) is 0 Å². The number of phenolic OH excluding ortho intramolecular Hbond substituents is 1. The minimum Gasteiger partial charge on any atom is -0.507 e. The molecule has 4 nitrogen and oxygen atoms in total. The first kappa shape index (κ1) is 38.3. The van der Waals surface area contributed by atoms with E-state index in [1.165, 1.54) is 5.56 Å². The summed E-state index contributed by atoms with van der Waals surface area (Å²) < 4.78 is 11.5. The fourth-order valence-electron chi connectivity index (χ4n) is 8.12. The van der Waals surface area contributed by atoms with Gasteiger partial charge in [0.15, 0.2) is 0 Å². The third-order valence-corrected chi connectivity index (χ3v) is 11.5. The van der Waals surface area contributed by atoms with Crippen molar-refractivity contribution >= 4 is 11.0 Å². The summed E-state index contributed by atoms with van der Waals surface area (Å²) in [4.78, 5) is 10.5. The first-order chi connectivity index (χ1) is 28.6. The van der Waals surface area contributed by atoms with Crippen LogP contribution in [0.4, 0.5) is 0 Å². The summed E-state index contributed by atoms with van der Waals surface area (Å²) in [6.07, 6.45) is 1.90. The summed E-state index contributed by atoms with van der Waals surface area (Å²) in [6.45, 7) is 19.3. The van der Waals surface area contributed by atoms with E-state index in [0.717, 1.165) is 78.0 Å². The first-order valence-corrected chi connectivity index (χ1v) is 20.8. The van der Waals surface area contributed by atoms with Gasteiger partial charge in [0.1, 0.15) is 11.6 Å². The molecule has 2 heterocycles. The molecule has 59 heavy (non-hydrogen) atoms. The molecule has 8 rings (SSSR count). The van der Waals surface area contributed by atoms with Gasteiger partial charge in [-0.1, -0.05) is 153 Å². The molecule has 0 bridgehead atoms. The van der Waals surface area contributed by atoms with E-state index in [2.05, 4.69) is 168 Å². The lowest BCUT2D eigenvalue weighted by molar-refractivity contribution is 0.466. The van der Waals surface area contributed by atoms with Crippen molar-refractivity contribution in [2.45, 2.75) is 85.5 Å². The quantitative estimate of drug-likeness (QED) is 0.159. The van der Waals surface area contributed by atoms with Crippen molar-refractivity contribution in [3.63, 3.8) is 0 Å². The van der Waals surface area contributed by atoms with Crippen LogP contribution in [-0.4, -0.2) is 19.6 Å². The summed E-state index contributed by atoms with van der Waals surface area (Å²) in [5.41, 5.74) is 15.7. The molecule has 2 aromatic heterocycles. The monoisotopic (exact) mass is 774 g/mol. The molecule has 4 heteroatoms. The Hall–Kier alpha value is -6.26. The Morgan fingerprint density at radius 3 is 1.93 bits per heavy atom. The Kier molecular flexibility index (Phi) is 10.3. The number of para-hydroxylation sites is 1. The number of aromatic nitrogens is 3. The van der Waals surface area contributed by atoms with E-state index in [0.29, 0.717) is 11.4 Å². The van der Waals surface area contributed by atoms with E-state index in [1.807, 2.05) is 44.3 Å². The number of rotatable bonds is 9. The van der Waals surface area contributed by atoms with Gasteiger partial charge < -0.3 is 5.11 Å². The molecule has 0 saturated carbocycles. The zero-order chi connectivity index (χ0) is 42.5. The predicted octanol–water partition coefficient (Wildman–Crippen LogP) is 15.1. The van der Waals surface area contributed by atoms with Crippen LogP contribution in [0.15, 0.2) is 146 Å². The maximum atomic E-state index is 12.2. The third kappa shape index (κ3) is 7.72. The number of imidazole rings is 1. The Morgan fingerprint density at radius 2 is 1.27 bits per heavy atom. The highest BCUT2D eigenvalue weighted by atomic mass is 16.3. The van der Waals surface area contributed by atoms with Gasteiger partial charge in [-0.15, -0.1) is 0 Å². The van der Waals surface area contributed by atoms with Crippen LogP contribution in [0.3, 0.4) is 0 Å². The van der Waals surface area contributed by atoms with Gasteiger partial charge in [0.05, 0.1) is 22.3 Å². The summed E-state index contributed by atoms with van der Waals surface area (Å²) in [6, 6.07) is 48.8. The standard InChI is InChI=1S/C55H55N3O/c1-34(2)40-30-48(36(5)6)53(59)49(31-40)54-57-52-46(21-16-22-51(52)58(54)44-23-24-45(47(33-44)35(3)4)38-19-14-11-15-20-38)41-27-42(29-43(28-41)55(7,8)9)50-32-39(25-26-56-50)37-17-12-10-13-18-37/h10-36,59H,1-9H3/i35D. The molecule has 0 aliphatic rings. The lowest BCUT2D eigenvalue weighted by atomic mass is 9.83. The highest BCUT2D eigenvalue weighted by Crippen LogP contribution is 2.44. The van der Waals surface area contributed by atoms with Crippen molar-refractivity contribution in [2.24, 2.45) is 0 Å². The van der Waals surface area contributed by atoms with Gasteiger partial charge in [0.25, 0.3) is 0 Å². The van der Waals surface area contributed by atoms with Crippen molar-refractivity contribution in [1.82, 2.24) is 14.5 Å². The smallest absolute Gasteiger partial charge is 0.149 e. The minimum absolute atomic E-state index is 0.101. The molecule has 6 aromatic carbocycles. The zero-order valence-electron chi connectivity index (χ0n) is 36.8. The topological polar surface area (TPSA) is 50.9 Å². The number of hydrogen-bond acceptors (Lipinski definition) is 3. The van der Waals surface area contributed by atoms with E-state index < -0.39 is 5.89 Å². The van der Waals surface area contributed by atoms with Crippen LogP contribution < -0.4 is 0 Å². The van der Waals surface area contributed by atoms with Crippen molar-refractivity contribution in [3.05, 3.63) is 168 Å². The van der Waals surface area contributed by atoms with E-state index in [1.54, 1.807) is 0 Å². The van der Waals surface area contributed by atoms with Gasteiger partial charge in [-0.3, -0.25) is 9.55 Å². The van der Waals surface area contributed by atoms with Crippen LogP contribution in [-0.2, 0) is 5.41 Å². The summed E-state index contributed by atoms with van der Waals surface area (Å²) in [5, 5.41) is 12.2. The second kappa shape index (κ2) is 15.8. The van der Waals surface area contributed by atoms with Gasteiger partial charge in [-0.2, -0.15) is 0 Å².